The molecule has 0 spiro atoms. The van der Waals surface area contributed by atoms with Gasteiger partial charge in [-0.2, -0.15) is 0 Å². The number of fused-ring (bicyclic) bond motifs is 1. The summed E-state index contributed by atoms with van der Waals surface area (Å²) >= 11 is 0. The highest BCUT2D eigenvalue weighted by molar-refractivity contribution is 5.88. The predicted octanol–water partition coefficient (Wildman–Crippen LogP) is 6.58. The third-order valence-electron chi connectivity index (χ3n) is 10.2. The average Bonchev–Trinajstić information content (AvgIpc) is 3.06. The molecule has 1 N–H and O–H groups in total. The summed E-state index contributed by atoms with van der Waals surface area (Å²) < 4.78 is 5.52. The number of aliphatic hydroxyl groups excluding tert-OH is 1. The monoisotopic (exact) mass is 462 g/mol. The number of Topliss-reactive ketones (excluding diaryl/α,β-unsaturated/α-hetero) is 1. The minimum absolute atomic E-state index is 0.0212. The van der Waals surface area contributed by atoms with Gasteiger partial charge in [0.1, 0.15) is 11.9 Å². The third-order valence-corrected chi connectivity index (χ3v) is 10.2. The Labute approximate surface area is 202 Å². The van der Waals surface area contributed by atoms with E-state index in [0.717, 1.165) is 50.9 Å². The number of ketones is 1. The number of hydrogen-bond donors (Lipinski definition) is 1. The zero-order chi connectivity index (χ0) is 24.4. The van der Waals surface area contributed by atoms with Crippen molar-refractivity contribution in [2.24, 2.45) is 46.3 Å². The summed E-state index contributed by atoms with van der Waals surface area (Å²) in [5.74, 6) is 3.11. The first-order chi connectivity index (χ1) is 15.5. The molecule has 8 atom stereocenters. The highest BCUT2D eigenvalue weighted by Gasteiger charge is 2.57. The fourth-order valence-corrected chi connectivity index (χ4v) is 8.33. The number of ether oxygens (including phenoxy) is 1. The van der Waals surface area contributed by atoms with E-state index in [4.69, 9.17) is 4.74 Å². The third kappa shape index (κ3) is 5.52. The van der Waals surface area contributed by atoms with Gasteiger partial charge < -0.3 is 9.84 Å². The molecule has 190 valence electrons. The molecule has 2 unspecified atom stereocenters. The van der Waals surface area contributed by atoms with Crippen LogP contribution in [-0.2, 0) is 14.3 Å². The van der Waals surface area contributed by atoms with Crippen molar-refractivity contribution in [2.75, 3.05) is 6.61 Å². The molecular weight excluding hydrogens is 412 g/mol. The minimum atomic E-state index is -0.277. The number of carbonyl (C=O) groups excluding carboxylic acids is 2. The van der Waals surface area contributed by atoms with Crippen LogP contribution in [-0.4, -0.2) is 29.6 Å². The molecule has 4 heteroatoms. The molecule has 33 heavy (non-hydrogen) atoms. The maximum absolute atomic E-state index is 14.0. The van der Waals surface area contributed by atoms with Gasteiger partial charge in [-0.05, 0) is 86.4 Å². The van der Waals surface area contributed by atoms with E-state index in [0.29, 0.717) is 29.5 Å². The molecule has 4 nitrogen and oxygen atoms in total. The van der Waals surface area contributed by atoms with Gasteiger partial charge in [0.15, 0.2) is 0 Å². The topological polar surface area (TPSA) is 63.6 Å². The fraction of sp³-hybridized carbons (Fsp3) is 0.931. The molecule has 0 aromatic carbocycles. The normalized spacial score (nSPS) is 40.0. The molecule has 3 aliphatic rings. The van der Waals surface area contributed by atoms with E-state index in [-0.39, 0.29) is 35.4 Å². The van der Waals surface area contributed by atoms with Crippen LogP contribution >= 0.6 is 0 Å². The molecule has 3 saturated carbocycles. The van der Waals surface area contributed by atoms with E-state index in [9.17, 15) is 14.7 Å². The first-order valence-corrected chi connectivity index (χ1v) is 13.8. The summed E-state index contributed by atoms with van der Waals surface area (Å²) in [7, 11) is 0. The SMILES string of the molecule is CC(=O)O[C@H]1CC[C@]2(C)C(=O)C(C3CC[C@H]([C@H](C)CCCC(C)C)[C@@]3(C)CCO)CC[C@H]2C1. The molecule has 0 radical (unpaired) electrons. The van der Waals surface area contributed by atoms with Crippen LogP contribution < -0.4 is 0 Å². The molecule has 0 aliphatic heterocycles. The van der Waals surface area contributed by atoms with Crippen LogP contribution in [0.5, 0.6) is 0 Å². The Kier molecular flexibility index (Phi) is 8.73. The second-order valence-electron chi connectivity index (χ2n) is 12.7. The largest absolute Gasteiger partial charge is 0.463 e. The number of esters is 1. The molecule has 3 rings (SSSR count). The summed E-state index contributed by atoms with van der Waals surface area (Å²) in [5.41, 5.74) is -0.231. The number of hydrogen-bond acceptors (Lipinski definition) is 4. The molecule has 3 aliphatic carbocycles. The first kappa shape index (κ1) is 26.7. The maximum atomic E-state index is 14.0. The Balaban J connectivity index is 1.73. The molecular formula is C29H50O4. The highest BCUT2D eigenvalue weighted by atomic mass is 16.5. The first-order valence-electron chi connectivity index (χ1n) is 13.8. The minimum Gasteiger partial charge on any atom is -0.463 e. The summed E-state index contributed by atoms with van der Waals surface area (Å²) in [6.45, 7) is 13.3. The van der Waals surface area contributed by atoms with Crippen molar-refractivity contribution in [3.8, 4) is 0 Å². The van der Waals surface area contributed by atoms with Crippen molar-refractivity contribution in [1.29, 1.82) is 0 Å². The van der Waals surface area contributed by atoms with E-state index in [1.54, 1.807) is 0 Å². The Morgan fingerprint density at radius 1 is 1.09 bits per heavy atom. The van der Waals surface area contributed by atoms with Gasteiger partial charge in [0.25, 0.3) is 0 Å². The molecule has 0 amide bonds. The van der Waals surface area contributed by atoms with E-state index in [1.807, 2.05) is 0 Å². The second-order valence-corrected chi connectivity index (χ2v) is 12.7. The van der Waals surface area contributed by atoms with Crippen LogP contribution in [0.3, 0.4) is 0 Å². The molecule has 0 aromatic heterocycles. The average molecular weight is 463 g/mol. The van der Waals surface area contributed by atoms with Crippen molar-refractivity contribution >= 4 is 11.8 Å². The zero-order valence-electron chi connectivity index (χ0n) is 22.2. The lowest BCUT2D eigenvalue weighted by atomic mass is 9.52. The summed E-state index contributed by atoms with van der Waals surface area (Å²) in [6.07, 6.45) is 11.4. The van der Waals surface area contributed by atoms with Crippen molar-refractivity contribution in [1.82, 2.24) is 0 Å². The van der Waals surface area contributed by atoms with E-state index in [1.165, 1.54) is 32.6 Å². The van der Waals surface area contributed by atoms with Gasteiger partial charge in [-0.1, -0.05) is 53.9 Å². The van der Waals surface area contributed by atoms with Crippen LogP contribution in [0.15, 0.2) is 0 Å². The predicted molar refractivity (Wildman–Crippen MR) is 133 cm³/mol. The zero-order valence-corrected chi connectivity index (χ0v) is 22.2. The van der Waals surface area contributed by atoms with Gasteiger partial charge in [0.2, 0.25) is 0 Å². The molecule has 0 heterocycles. The van der Waals surface area contributed by atoms with E-state index < -0.39 is 0 Å². The highest BCUT2D eigenvalue weighted by Crippen LogP contribution is 2.60. The number of carbonyl (C=O) groups is 2. The van der Waals surface area contributed by atoms with Crippen LogP contribution in [0.25, 0.3) is 0 Å². The lowest BCUT2D eigenvalue weighted by Crippen LogP contribution is -2.52. The summed E-state index contributed by atoms with van der Waals surface area (Å²) in [5, 5.41) is 10.0. The lowest BCUT2D eigenvalue weighted by molar-refractivity contribution is -0.158. The summed E-state index contributed by atoms with van der Waals surface area (Å²) in [4.78, 5) is 25.5. The van der Waals surface area contributed by atoms with Gasteiger partial charge in [0.05, 0.1) is 0 Å². The van der Waals surface area contributed by atoms with Crippen LogP contribution in [0.4, 0.5) is 0 Å². The van der Waals surface area contributed by atoms with Crippen molar-refractivity contribution in [3.05, 3.63) is 0 Å². The van der Waals surface area contributed by atoms with Crippen molar-refractivity contribution < 1.29 is 19.4 Å². The van der Waals surface area contributed by atoms with Crippen molar-refractivity contribution in [2.45, 2.75) is 118 Å². The molecule has 0 saturated heterocycles. The van der Waals surface area contributed by atoms with Gasteiger partial charge in [-0.15, -0.1) is 0 Å². The van der Waals surface area contributed by atoms with Crippen LogP contribution in [0.2, 0.25) is 0 Å². The van der Waals surface area contributed by atoms with Crippen LogP contribution in [0, 0.1) is 46.3 Å². The molecule has 3 fully saturated rings. The Hall–Kier alpha value is -0.900. The standard InChI is InChI=1S/C29H50O4/c1-19(2)8-7-9-20(3)25-12-13-26(29(25,6)16-17-30)24-11-10-22-18-23(33-21(4)31)14-15-28(22,5)27(24)32/h19-20,22-26,30H,7-18H2,1-6H3/t20-,22+,23+,24?,25-,26?,28+,29-/m1/s1. The van der Waals surface area contributed by atoms with Crippen LogP contribution in [0.1, 0.15) is 112 Å². The second kappa shape index (κ2) is 10.8. The maximum Gasteiger partial charge on any atom is 0.302 e. The summed E-state index contributed by atoms with van der Waals surface area (Å²) in [6, 6.07) is 0. The molecule has 0 bridgehead atoms. The molecule has 0 aromatic rings. The quantitative estimate of drug-likeness (QED) is 0.393. The number of aliphatic hydroxyl groups is 1. The van der Waals surface area contributed by atoms with E-state index >= 15 is 0 Å². The Morgan fingerprint density at radius 3 is 2.45 bits per heavy atom. The van der Waals surface area contributed by atoms with Gasteiger partial charge in [-0.25, -0.2) is 0 Å². The Bertz CT molecular complexity index is 687. The Morgan fingerprint density at radius 2 is 1.82 bits per heavy atom. The fourth-order valence-electron chi connectivity index (χ4n) is 8.33. The van der Waals surface area contributed by atoms with E-state index in [2.05, 4.69) is 34.6 Å². The van der Waals surface area contributed by atoms with Gasteiger partial charge >= 0.3 is 5.97 Å². The lowest BCUT2D eigenvalue weighted by Gasteiger charge is -2.51. The smallest absolute Gasteiger partial charge is 0.302 e. The number of rotatable bonds is 9. The van der Waals surface area contributed by atoms with Gasteiger partial charge in [-0.3, -0.25) is 9.59 Å². The van der Waals surface area contributed by atoms with Crippen molar-refractivity contribution in [3.63, 3.8) is 0 Å². The van der Waals surface area contributed by atoms with Gasteiger partial charge in [0, 0.05) is 24.9 Å².